The van der Waals surface area contributed by atoms with Gasteiger partial charge in [0.05, 0.1) is 18.7 Å². The number of ketones is 1. The van der Waals surface area contributed by atoms with Crippen LogP contribution in [0.2, 0.25) is 0 Å². The summed E-state index contributed by atoms with van der Waals surface area (Å²) >= 11 is 0. The van der Waals surface area contributed by atoms with E-state index in [9.17, 15) is 14.4 Å². The van der Waals surface area contributed by atoms with Crippen LogP contribution in [-0.4, -0.2) is 55.1 Å². The highest BCUT2D eigenvalue weighted by Crippen LogP contribution is 2.31. The Hall–Kier alpha value is -3.68. The molecular formula is C28H36N4O4. The molecule has 192 valence electrons. The number of amidine groups is 1. The number of hydrogen-bond donors (Lipinski definition) is 3. The largest absolute Gasteiger partial charge is 0.493 e. The molecule has 0 radical (unpaired) electrons. The van der Waals surface area contributed by atoms with Crippen molar-refractivity contribution >= 4 is 23.4 Å². The lowest BCUT2D eigenvalue weighted by atomic mass is 9.82. The molecule has 1 heterocycles. The van der Waals surface area contributed by atoms with Gasteiger partial charge in [0.1, 0.15) is 11.6 Å². The molecule has 0 fully saturated rings. The van der Waals surface area contributed by atoms with Gasteiger partial charge in [-0.3, -0.25) is 19.8 Å². The average molecular weight is 493 g/mol. The number of fused-ring (bicyclic) bond motifs is 1. The SMILES string of the molecule is CCCNC(=O)c1ccc(C(=O)CN2Cc3cc(OCC)c(C(=O)NC)cc3C2=N)cc1C(C)(C)C. The van der Waals surface area contributed by atoms with E-state index in [4.69, 9.17) is 10.1 Å². The van der Waals surface area contributed by atoms with Crippen molar-refractivity contribution in [1.29, 1.82) is 5.41 Å². The van der Waals surface area contributed by atoms with Crippen molar-refractivity contribution in [2.75, 3.05) is 26.7 Å². The monoisotopic (exact) mass is 492 g/mol. The second-order valence-electron chi connectivity index (χ2n) is 9.91. The summed E-state index contributed by atoms with van der Waals surface area (Å²) < 4.78 is 5.66. The van der Waals surface area contributed by atoms with Gasteiger partial charge in [-0.05, 0) is 54.2 Å². The van der Waals surface area contributed by atoms with Crippen LogP contribution in [0.4, 0.5) is 0 Å². The minimum absolute atomic E-state index is 0.0117. The predicted molar refractivity (Wildman–Crippen MR) is 140 cm³/mol. The van der Waals surface area contributed by atoms with Gasteiger partial charge in [0.15, 0.2) is 5.78 Å². The number of rotatable bonds is 9. The number of nitrogens with zero attached hydrogens (tertiary/aromatic N) is 1. The third-order valence-corrected chi connectivity index (χ3v) is 6.17. The first-order valence-electron chi connectivity index (χ1n) is 12.3. The minimum Gasteiger partial charge on any atom is -0.493 e. The Bertz CT molecular complexity index is 1200. The molecule has 36 heavy (non-hydrogen) atoms. The maximum absolute atomic E-state index is 13.3. The second-order valence-corrected chi connectivity index (χ2v) is 9.91. The molecule has 2 aromatic rings. The van der Waals surface area contributed by atoms with Crippen LogP contribution in [0.25, 0.3) is 0 Å². The first-order chi connectivity index (χ1) is 17.0. The zero-order valence-electron chi connectivity index (χ0n) is 22.0. The molecular weight excluding hydrogens is 456 g/mol. The smallest absolute Gasteiger partial charge is 0.254 e. The number of hydrogen-bond acceptors (Lipinski definition) is 5. The molecule has 2 aromatic carbocycles. The van der Waals surface area contributed by atoms with E-state index in [1.165, 1.54) is 0 Å². The van der Waals surface area contributed by atoms with Gasteiger partial charge in [0.2, 0.25) is 0 Å². The Kier molecular flexibility index (Phi) is 8.17. The molecule has 3 rings (SSSR count). The summed E-state index contributed by atoms with van der Waals surface area (Å²) in [6.45, 7) is 11.3. The van der Waals surface area contributed by atoms with E-state index < -0.39 is 0 Å². The van der Waals surface area contributed by atoms with Crippen molar-refractivity contribution in [3.05, 3.63) is 63.7 Å². The van der Waals surface area contributed by atoms with Crippen LogP contribution in [0.1, 0.15) is 88.8 Å². The number of carbonyl (C=O) groups excluding carboxylic acids is 3. The molecule has 1 aliphatic heterocycles. The zero-order valence-corrected chi connectivity index (χ0v) is 22.0. The summed E-state index contributed by atoms with van der Waals surface area (Å²) in [7, 11) is 1.55. The van der Waals surface area contributed by atoms with E-state index in [1.54, 1.807) is 42.3 Å². The van der Waals surface area contributed by atoms with Crippen LogP contribution >= 0.6 is 0 Å². The van der Waals surface area contributed by atoms with Gasteiger partial charge in [-0.15, -0.1) is 0 Å². The summed E-state index contributed by atoms with van der Waals surface area (Å²) in [6, 6.07) is 8.64. The summed E-state index contributed by atoms with van der Waals surface area (Å²) in [4.78, 5) is 40.0. The van der Waals surface area contributed by atoms with Gasteiger partial charge < -0.3 is 20.3 Å². The molecule has 0 aromatic heterocycles. The van der Waals surface area contributed by atoms with Gasteiger partial charge in [0.25, 0.3) is 11.8 Å². The first-order valence-corrected chi connectivity index (χ1v) is 12.3. The quantitative estimate of drug-likeness (QED) is 0.460. The van der Waals surface area contributed by atoms with E-state index in [2.05, 4.69) is 10.6 Å². The Balaban J connectivity index is 1.86. The van der Waals surface area contributed by atoms with Gasteiger partial charge in [-0.25, -0.2) is 0 Å². The van der Waals surface area contributed by atoms with Crippen LogP contribution in [-0.2, 0) is 12.0 Å². The van der Waals surface area contributed by atoms with E-state index in [0.29, 0.717) is 47.7 Å². The Labute approximate surface area is 212 Å². The summed E-state index contributed by atoms with van der Waals surface area (Å²) in [5, 5.41) is 14.2. The van der Waals surface area contributed by atoms with Crippen LogP contribution in [0.5, 0.6) is 5.75 Å². The fourth-order valence-electron chi connectivity index (χ4n) is 4.28. The molecule has 0 saturated carbocycles. The van der Waals surface area contributed by atoms with Crippen LogP contribution < -0.4 is 15.4 Å². The Morgan fingerprint density at radius 3 is 2.39 bits per heavy atom. The topological polar surface area (TPSA) is 112 Å². The molecule has 8 heteroatoms. The molecule has 0 unspecified atom stereocenters. The third-order valence-electron chi connectivity index (χ3n) is 6.17. The number of benzene rings is 2. The van der Waals surface area contributed by atoms with Crippen molar-refractivity contribution in [3.63, 3.8) is 0 Å². The summed E-state index contributed by atoms with van der Waals surface area (Å²) in [6.07, 6.45) is 0.841. The van der Waals surface area contributed by atoms with E-state index in [-0.39, 0.29) is 35.4 Å². The highest BCUT2D eigenvalue weighted by atomic mass is 16.5. The fourth-order valence-corrected chi connectivity index (χ4v) is 4.28. The number of nitrogens with one attached hydrogen (secondary N) is 3. The highest BCUT2D eigenvalue weighted by molar-refractivity contribution is 6.08. The van der Waals surface area contributed by atoms with E-state index in [1.807, 2.05) is 34.6 Å². The van der Waals surface area contributed by atoms with Crippen LogP contribution in [0.15, 0.2) is 30.3 Å². The number of Topliss-reactive ketones (excluding diaryl/α,β-unsaturated/α-hetero) is 1. The standard InChI is InChI=1S/C28H36N4O4/c1-7-11-31-27(35)19-10-9-17(12-22(19)28(3,4)5)23(33)16-32-15-18-13-24(36-8-2)21(26(34)30-6)14-20(18)25(32)29/h9-10,12-14,29H,7-8,11,15-16H2,1-6H3,(H,30,34)(H,31,35). The Morgan fingerprint density at radius 1 is 1.06 bits per heavy atom. The fraction of sp³-hybridized carbons (Fsp3) is 0.429. The number of ether oxygens (including phenoxy) is 1. The number of amides is 2. The normalized spacial score (nSPS) is 12.8. The van der Waals surface area contributed by atoms with E-state index in [0.717, 1.165) is 17.5 Å². The maximum Gasteiger partial charge on any atom is 0.254 e. The lowest BCUT2D eigenvalue weighted by molar-refractivity contribution is 0.0943. The molecule has 2 amide bonds. The van der Waals surface area contributed by atoms with Gasteiger partial charge >= 0.3 is 0 Å². The zero-order chi connectivity index (χ0) is 26.6. The molecule has 0 atom stereocenters. The maximum atomic E-state index is 13.3. The molecule has 3 N–H and O–H groups in total. The van der Waals surface area contributed by atoms with Gasteiger partial charge in [0, 0.05) is 36.8 Å². The lowest BCUT2D eigenvalue weighted by Gasteiger charge is -2.24. The first kappa shape index (κ1) is 26.9. The van der Waals surface area contributed by atoms with Crippen LogP contribution in [0.3, 0.4) is 0 Å². The van der Waals surface area contributed by atoms with Crippen molar-refractivity contribution in [3.8, 4) is 5.75 Å². The summed E-state index contributed by atoms with van der Waals surface area (Å²) in [5.74, 6) is 0.0764. The lowest BCUT2D eigenvalue weighted by Crippen LogP contribution is -2.31. The second kappa shape index (κ2) is 10.9. The average Bonchev–Trinajstić information content (AvgIpc) is 3.14. The number of carbonyl (C=O) groups is 3. The van der Waals surface area contributed by atoms with Crippen molar-refractivity contribution in [2.45, 2.75) is 53.0 Å². The van der Waals surface area contributed by atoms with Crippen LogP contribution in [0, 0.1) is 5.41 Å². The van der Waals surface area contributed by atoms with E-state index >= 15 is 0 Å². The van der Waals surface area contributed by atoms with Crippen molar-refractivity contribution in [1.82, 2.24) is 15.5 Å². The van der Waals surface area contributed by atoms with Crippen molar-refractivity contribution in [2.24, 2.45) is 0 Å². The van der Waals surface area contributed by atoms with Gasteiger partial charge in [-0.2, -0.15) is 0 Å². The molecule has 0 spiro atoms. The molecule has 1 aliphatic rings. The summed E-state index contributed by atoms with van der Waals surface area (Å²) in [5.41, 5.74) is 3.35. The third kappa shape index (κ3) is 5.58. The molecule has 0 bridgehead atoms. The molecule has 0 aliphatic carbocycles. The molecule has 8 nitrogen and oxygen atoms in total. The minimum atomic E-state index is -0.336. The molecule has 0 saturated heterocycles. The Morgan fingerprint density at radius 2 is 1.78 bits per heavy atom. The van der Waals surface area contributed by atoms with Gasteiger partial charge in [-0.1, -0.05) is 33.8 Å². The predicted octanol–water partition coefficient (Wildman–Crippen LogP) is 3.91. The highest BCUT2D eigenvalue weighted by Gasteiger charge is 2.30. The van der Waals surface area contributed by atoms with Crippen molar-refractivity contribution < 1.29 is 19.1 Å².